The van der Waals surface area contributed by atoms with Crippen molar-refractivity contribution in [2.75, 3.05) is 0 Å². The van der Waals surface area contributed by atoms with Crippen LogP contribution in [0.5, 0.6) is 0 Å². The first-order valence-electron chi connectivity index (χ1n) is 5.48. The Morgan fingerprint density at radius 1 is 1.21 bits per heavy atom. The molecule has 0 saturated carbocycles. The Morgan fingerprint density at radius 3 is 2.53 bits per heavy atom. The van der Waals surface area contributed by atoms with Crippen LogP contribution >= 0.6 is 0 Å². The van der Waals surface area contributed by atoms with Gasteiger partial charge in [0.15, 0.2) is 0 Å². The molecule has 0 heterocycles. The maximum atomic E-state index is 10.9. The minimum Gasteiger partial charge on any atom is -0.744 e. The standard InChI is InChI=1S/C13H13NO3S.Na/c15-18(16,17)13-8-4-5-11(9-13)10-14-12-6-2-1-3-7-12;/h2-9H,1,10H2,(H,15,16,17);/q;+1/p-1. The van der Waals surface area contributed by atoms with Crippen molar-refractivity contribution in [2.45, 2.75) is 17.9 Å². The molecular weight excluding hydrogens is 273 g/mol. The van der Waals surface area contributed by atoms with Crippen LogP contribution in [0.15, 0.2) is 58.5 Å². The minimum absolute atomic E-state index is 0. The van der Waals surface area contributed by atoms with E-state index in [1.165, 1.54) is 12.1 Å². The van der Waals surface area contributed by atoms with Gasteiger partial charge in [-0.05, 0) is 36.3 Å². The average molecular weight is 285 g/mol. The zero-order valence-electron chi connectivity index (χ0n) is 10.6. The largest absolute Gasteiger partial charge is 1.00 e. The van der Waals surface area contributed by atoms with Gasteiger partial charge < -0.3 is 4.55 Å². The molecule has 0 aliphatic heterocycles. The molecule has 0 N–H and O–H groups in total. The summed E-state index contributed by atoms with van der Waals surface area (Å²) in [5.41, 5.74) is 1.54. The Labute approximate surface area is 135 Å². The molecule has 94 valence electrons. The van der Waals surface area contributed by atoms with E-state index in [2.05, 4.69) is 4.99 Å². The van der Waals surface area contributed by atoms with E-state index in [1.54, 1.807) is 12.1 Å². The van der Waals surface area contributed by atoms with Crippen LogP contribution < -0.4 is 29.6 Å². The fourth-order valence-electron chi connectivity index (χ4n) is 1.60. The fourth-order valence-corrected chi connectivity index (χ4v) is 2.14. The molecule has 0 atom stereocenters. The molecule has 2 rings (SSSR count). The van der Waals surface area contributed by atoms with Crippen molar-refractivity contribution < 1.29 is 42.5 Å². The summed E-state index contributed by atoms with van der Waals surface area (Å²) in [5.74, 6) is 0. The summed E-state index contributed by atoms with van der Waals surface area (Å²) in [6.07, 6.45) is 8.72. The molecule has 0 saturated heterocycles. The zero-order chi connectivity index (χ0) is 13.0. The Morgan fingerprint density at radius 2 is 1.89 bits per heavy atom. The van der Waals surface area contributed by atoms with Crippen LogP contribution in [0.4, 0.5) is 0 Å². The first-order chi connectivity index (χ1) is 8.55. The van der Waals surface area contributed by atoms with Crippen LogP contribution in [0.2, 0.25) is 0 Å². The second-order valence-corrected chi connectivity index (χ2v) is 5.26. The maximum absolute atomic E-state index is 10.9. The molecule has 0 unspecified atom stereocenters. The van der Waals surface area contributed by atoms with Gasteiger partial charge in [0, 0.05) is 0 Å². The van der Waals surface area contributed by atoms with Gasteiger partial charge >= 0.3 is 29.6 Å². The number of aliphatic imine (C=N–C) groups is 1. The van der Waals surface area contributed by atoms with Crippen LogP contribution in [0.1, 0.15) is 12.0 Å². The van der Waals surface area contributed by atoms with Gasteiger partial charge in [0.05, 0.1) is 17.2 Å². The van der Waals surface area contributed by atoms with Crippen molar-refractivity contribution in [1.29, 1.82) is 0 Å². The quantitative estimate of drug-likeness (QED) is 0.531. The molecule has 0 spiro atoms. The average Bonchev–Trinajstić information content (AvgIpc) is 2.37. The van der Waals surface area contributed by atoms with Gasteiger partial charge in [0.1, 0.15) is 10.1 Å². The number of rotatable bonds is 3. The Kier molecular flexibility index (Phi) is 6.16. The Hall–Kier alpha value is -0.720. The molecule has 1 aromatic carbocycles. The summed E-state index contributed by atoms with van der Waals surface area (Å²) < 4.78 is 32.6. The third-order valence-corrected chi connectivity index (χ3v) is 3.31. The van der Waals surface area contributed by atoms with Gasteiger partial charge in [-0.2, -0.15) is 0 Å². The molecule has 6 heteroatoms. The van der Waals surface area contributed by atoms with Crippen molar-refractivity contribution in [3.63, 3.8) is 0 Å². The van der Waals surface area contributed by atoms with Crippen LogP contribution in [-0.2, 0) is 16.7 Å². The number of allylic oxidation sites excluding steroid dienone is 4. The summed E-state index contributed by atoms with van der Waals surface area (Å²) in [5, 5.41) is 0. The van der Waals surface area contributed by atoms with Crippen molar-refractivity contribution in [3.8, 4) is 0 Å². The van der Waals surface area contributed by atoms with E-state index in [1.807, 2.05) is 24.3 Å². The Bertz CT molecular complexity index is 619. The third-order valence-electron chi connectivity index (χ3n) is 2.48. The van der Waals surface area contributed by atoms with E-state index in [0.29, 0.717) is 12.1 Å². The van der Waals surface area contributed by atoms with E-state index in [9.17, 15) is 13.0 Å². The second kappa shape index (κ2) is 7.17. The summed E-state index contributed by atoms with van der Waals surface area (Å²) in [7, 11) is -4.39. The van der Waals surface area contributed by atoms with E-state index < -0.39 is 10.1 Å². The molecule has 0 radical (unpaired) electrons. The molecule has 1 aromatic rings. The van der Waals surface area contributed by atoms with E-state index in [-0.39, 0.29) is 34.5 Å². The SMILES string of the molecule is O=S(=O)([O-])c1cccc(CN=C2C=CCC=C2)c1.[Na+]. The molecule has 0 aromatic heterocycles. The normalized spacial score (nSPS) is 14.1. The maximum Gasteiger partial charge on any atom is 1.00 e. The van der Waals surface area contributed by atoms with Gasteiger partial charge in [-0.15, -0.1) is 0 Å². The number of hydrogen-bond acceptors (Lipinski definition) is 4. The smallest absolute Gasteiger partial charge is 0.744 e. The molecule has 1 aliphatic rings. The summed E-state index contributed by atoms with van der Waals surface area (Å²) >= 11 is 0. The van der Waals surface area contributed by atoms with Crippen molar-refractivity contribution in [2.24, 2.45) is 4.99 Å². The van der Waals surface area contributed by atoms with Crippen LogP contribution in [-0.4, -0.2) is 18.7 Å². The van der Waals surface area contributed by atoms with Crippen molar-refractivity contribution in [3.05, 3.63) is 54.1 Å². The van der Waals surface area contributed by atoms with Crippen LogP contribution in [0.25, 0.3) is 0 Å². The zero-order valence-corrected chi connectivity index (χ0v) is 13.4. The second-order valence-electron chi connectivity index (χ2n) is 3.88. The fraction of sp³-hybridized carbons (Fsp3) is 0.154. The number of benzene rings is 1. The predicted molar refractivity (Wildman–Crippen MR) is 68.4 cm³/mol. The van der Waals surface area contributed by atoms with Gasteiger partial charge in [-0.3, -0.25) is 4.99 Å². The molecule has 4 nitrogen and oxygen atoms in total. The summed E-state index contributed by atoms with van der Waals surface area (Å²) in [6.45, 7) is 0.355. The molecule has 0 amide bonds. The molecule has 0 bridgehead atoms. The van der Waals surface area contributed by atoms with Gasteiger partial charge in [0.2, 0.25) is 0 Å². The van der Waals surface area contributed by atoms with Gasteiger partial charge in [0.25, 0.3) is 0 Å². The topological polar surface area (TPSA) is 69.6 Å². The number of nitrogens with zero attached hydrogens (tertiary/aromatic N) is 1. The summed E-state index contributed by atoms with van der Waals surface area (Å²) in [6, 6.07) is 5.95. The van der Waals surface area contributed by atoms with Crippen molar-refractivity contribution >= 4 is 15.8 Å². The number of hydrogen-bond donors (Lipinski definition) is 0. The summed E-state index contributed by atoms with van der Waals surface area (Å²) in [4.78, 5) is 4.11. The first-order valence-corrected chi connectivity index (χ1v) is 6.89. The van der Waals surface area contributed by atoms with Crippen LogP contribution in [0, 0.1) is 0 Å². The molecular formula is C13H12NNaO3S. The third kappa shape index (κ3) is 5.04. The van der Waals surface area contributed by atoms with Gasteiger partial charge in [-0.1, -0.05) is 24.3 Å². The van der Waals surface area contributed by atoms with Crippen LogP contribution in [0.3, 0.4) is 0 Å². The molecule has 1 aliphatic carbocycles. The van der Waals surface area contributed by atoms with Gasteiger partial charge in [-0.25, -0.2) is 8.42 Å². The Balaban J connectivity index is 0.00000180. The van der Waals surface area contributed by atoms with E-state index in [0.717, 1.165) is 12.1 Å². The minimum atomic E-state index is -4.39. The molecule has 19 heavy (non-hydrogen) atoms. The first kappa shape index (κ1) is 16.3. The van der Waals surface area contributed by atoms with Crippen molar-refractivity contribution in [1.82, 2.24) is 0 Å². The predicted octanol–water partition coefficient (Wildman–Crippen LogP) is -0.948. The van der Waals surface area contributed by atoms with E-state index in [4.69, 9.17) is 0 Å². The van der Waals surface area contributed by atoms with E-state index >= 15 is 0 Å². The monoisotopic (exact) mass is 285 g/mol. The molecule has 0 fully saturated rings.